The van der Waals surface area contributed by atoms with E-state index in [9.17, 15) is 0 Å². The van der Waals surface area contributed by atoms with Crippen molar-refractivity contribution in [2.45, 2.75) is 0 Å². The van der Waals surface area contributed by atoms with Crippen LogP contribution in [0.15, 0.2) is 0 Å². The molecule has 0 aliphatic carbocycles. The summed E-state index contributed by atoms with van der Waals surface area (Å²) in [6, 6.07) is 0. The molecule has 0 radical (unpaired) electrons. The van der Waals surface area contributed by atoms with E-state index < -0.39 is 10.4 Å². The van der Waals surface area contributed by atoms with Gasteiger partial charge in [-0.25, -0.2) is 0 Å². The highest BCUT2D eigenvalue weighted by Crippen LogP contribution is 1.59. The fourth-order valence-electron chi connectivity index (χ4n) is 0. The predicted molar refractivity (Wildman–Crippen MR) is 27.0 cm³/mol. The number of hydrogen-bond acceptors (Lipinski definition) is 2. The topological polar surface area (TPSA) is 74.6 Å². The number of hydrogen-bond donors (Lipinski definition) is 2. The second-order valence-electron chi connectivity index (χ2n) is 0.448. The average Bonchev–Trinajstić information content (AvgIpc) is 0.722. The second-order valence-corrected chi connectivity index (χ2v) is 1.34. The third kappa shape index (κ3) is 1470. The molecular weight excluding hydrogens is 195 g/mol. The molecule has 0 aliphatic rings. The Labute approximate surface area is 50.2 Å². The molecular formula is H4BrFO4S. The Bertz CT molecular complexity index is 94.9. The quantitative estimate of drug-likeness (QED) is 0.541. The zero-order valence-corrected chi connectivity index (χ0v) is 5.47. The van der Waals surface area contributed by atoms with E-state index in [4.69, 9.17) is 17.5 Å². The molecule has 7 heavy (non-hydrogen) atoms. The molecule has 0 aromatic heterocycles. The maximum absolute atomic E-state index is 8.74. The molecule has 48 valence electrons. The van der Waals surface area contributed by atoms with Gasteiger partial charge in [0.25, 0.3) is 0 Å². The molecule has 0 aromatic rings. The maximum Gasteiger partial charge on any atom is 0.394 e. The van der Waals surface area contributed by atoms with E-state index in [2.05, 4.69) is 0 Å². The van der Waals surface area contributed by atoms with Crippen molar-refractivity contribution in [3.8, 4) is 0 Å². The fraction of sp³-hybridized carbons (Fsp3) is 0. The lowest BCUT2D eigenvalue weighted by Crippen LogP contribution is -1.89. The van der Waals surface area contributed by atoms with Gasteiger partial charge in [0.15, 0.2) is 0 Å². The van der Waals surface area contributed by atoms with Crippen LogP contribution in [0.2, 0.25) is 0 Å². The standard InChI is InChI=1S/BrH.FH.H2O4S/c;;1-5(2,3)4/h2*1H;(H2,1,2,3,4). The Morgan fingerprint density at radius 1 is 1.14 bits per heavy atom. The molecule has 0 aliphatic heterocycles. The molecule has 0 aromatic carbocycles. The van der Waals surface area contributed by atoms with Crippen LogP contribution in [0, 0.1) is 0 Å². The van der Waals surface area contributed by atoms with Crippen LogP contribution >= 0.6 is 17.0 Å². The fourth-order valence-corrected chi connectivity index (χ4v) is 0. The first-order valence-corrected chi connectivity index (χ1v) is 2.10. The van der Waals surface area contributed by atoms with Gasteiger partial charge in [0, 0.05) is 0 Å². The highest BCUT2D eigenvalue weighted by Gasteiger charge is 1.84. The minimum absolute atomic E-state index is 0. The van der Waals surface area contributed by atoms with Crippen molar-refractivity contribution < 1.29 is 22.2 Å². The van der Waals surface area contributed by atoms with Crippen LogP contribution in [0.3, 0.4) is 0 Å². The highest BCUT2D eigenvalue weighted by molar-refractivity contribution is 8.93. The van der Waals surface area contributed by atoms with E-state index in [1.807, 2.05) is 0 Å². The van der Waals surface area contributed by atoms with Crippen molar-refractivity contribution in [3.05, 3.63) is 0 Å². The molecule has 0 amide bonds. The largest absolute Gasteiger partial charge is 0.394 e. The molecule has 0 fully saturated rings. The average molecular weight is 199 g/mol. The summed E-state index contributed by atoms with van der Waals surface area (Å²) in [5.41, 5.74) is 0. The van der Waals surface area contributed by atoms with Crippen molar-refractivity contribution in [2.75, 3.05) is 0 Å². The van der Waals surface area contributed by atoms with Crippen molar-refractivity contribution in [1.82, 2.24) is 0 Å². The molecule has 0 saturated heterocycles. The van der Waals surface area contributed by atoms with Gasteiger partial charge in [-0.1, -0.05) is 0 Å². The van der Waals surface area contributed by atoms with Crippen molar-refractivity contribution in [2.24, 2.45) is 0 Å². The van der Waals surface area contributed by atoms with Crippen LogP contribution in [-0.4, -0.2) is 17.5 Å². The zero-order valence-electron chi connectivity index (χ0n) is 2.94. The molecule has 0 unspecified atom stereocenters. The van der Waals surface area contributed by atoms with E-state index >= 15 is 0 Å². The van der Waals surface area contributed by atoms with Gasteiger partial charge in [-0.05, 0) is 0 Å². The van der Waals surface area contributed by atoms with E-state index in [1.165, 1.54) is 0 Å². The van der Waals surface area contributed by atoms with Crippen LogP contribution in [0.4, 0.5) is 4.70 Å². The number of rotatable bonds is 0. The first-order valence-electron chi connectivity index (χ1n) is 0.698. The molecule has 0 rings (SSSR count). The molecule has 0 atom stereocenters. The van der Waals surface area contributed by atoms with Crippen LogP contribution in [-0.2, 0) is 10.4 Å². The van der Waals surface area contributed by atoms with E-state index in [0.717, 1.165) is 0 Å². The molecule has 7 heteroatoms. The lowest BCUT2D eigenvalue weighted by atomic mass is 15.8. The monoisotopic (exact) mass is 198 g/mol. The molecule has 0 heterocycles. The smallest absolute Gasteiger partial charge is 0.269 e. The summed E-state index contributed by atoms with van der Waals surface area (Å²) in [7, 11) is -4.67. The van der Waals surface area contributed by atoms with Gasteiger partial charge in [-0.15, -0.1) is 17.0 Å². The van der Waals surface area contributed by atoms with Gasteiger partial charge in [0.05, 0.1) is 0 Å². The van der Waals surface area contributed by atoms with E-state index in [1.54, 1.807) is 0 Å². The van der Waals surface area contributed by atoms with Crippen LogP contribution in [0.1, 0.15) is 0 Å². The number of halogens is 2. The minimum atomic E-state index is -4.67. The van der Waals surface area contributed by atoms with Crippen molar-refractivity contribution in [1.29, 1.82) is 0 Å². The summed E-state index contributed by atoms with van der Waals surface area (Å²) in [6.45, 7) is 0. The normalized spacial score (nSPS) is 8.29. The van der Waals surface area contributed by atoms with Gasteiger partial charge in [-0.2, -0.15) is 8.42 Å². The Balaban J connectivity index is -0.0000000800. The zero-order chi connectivity index (χ0) is 4.50. The van der Waals surface area contributed by atoms with Gasteiger partial charge in [0.1, 0.15) is 0 Å². The van der Waals surface area contributed by atoms with Crippen molar-refractivity contribution in [3.63, 3.8) is 0 Å². The molecule has 0 bridgehead atoms. The third-order valence-corrected chi connectivity index (χ3v) is 0. The van der Waals surface area contributed by atoms with Crippen molar-refractivity contribution >= 4 is 27.4 Å². The summed E-state index contributed by atoms with van der Waals surface area (Å²) >= 11 is 0. The van der Waals surface area contributed by atoms with E-state index in [0.29, 0.717) is 0 Å². The van der Waals surface area contributed by atoms with Crippen LogP contribution in [0.25, 0.3) is 0 Å². The Kier molecular flexibility index (Phi) is 9.94. The molecule has 4 nitrogen and oxygen atoms in total. The summed E-state index contributed by atoms with van der Waals surface area (Å²) in [5, 5.41) is 0. The first-order chi connectivity index (χ1) is 2.00. The molecule has 0 saturated carbocycles. The third-order valence-electron chi connectivity index (χ3n) is 0. The van der Waals surface area contributed by atoms with Gasteiger partial charge >= 0.3 is 10.4 Å². The van der Waals surface area contributed by atoms with Crippen LogP contribution in [0.5, 0.6) is 0 Å². The maximum atomic E-state index is 8.74. The minimum Gasteiger partial charge on any atom is -0.269 e. The van der Waals surface area contributed by atoms with Gasteiger partial charge < -0.3 is 0 Å². The lowest BCUT2D eigenvalue weighted by molar-refractivity contribution is 0.381. The Morgan fingerprint density at radius 3 is 1.14 bits per heavy atom. The summed E-state index contributed by atoms with van der Waals surface area (Å²) in [6.07, 6.45) is 0. The molecule has 2 N–H and O–H groups in total. The van der Waals surface area contributed by atoms with E-state index in [-0.39, 0.29) is 21.7 Å². The first kappa shape index (κ1) is 15.7. The Hall–Kier alpha value is 0.280. The molecule has 0 spiro atoms. The summed E-state index contributed by atoms with van der Waals surface area (Å²) in [5.74, 6) is 0. The summed E-state index contributed by atoms with van der Waals surface area (Å²) in [4.78, 5) is 0. The summed E-state index contributed by atoms with van der Waals surface area (Å²) < 4.78 is 31.6. The van der Waals surface area contributed by atoms with Gasteiger partial charge in [0.2, 0.25) is 0 Å². The van der Waals surface area contributed by atoms with Gasteiger partial charge in [-0.3, -0.25) is 13.8 Å². The van der Waals surface area contributed by atoms with Crippen LogP contribution < -0.4 is 0 Å². The second kappa shape index (κ2) is 4.44. The Morgan fingerprint density at radius 2 is 1.14 bits per heavy atom. The predicted octanol–water partition coefficient (Wildman–Crippen LogP) is 0.0776. The highest BCUT2D eigenvalue weighted by atomic mass is 79.9. The SMILES string of the molecule is Br.F.O=S(=O)(O)O. The lowest BCUT2D eigenvalue weighted by Gasteiger charge is -1.68.